The number of benzene rings is 2. The molecule has 0 N–H and O–H groups in total. The zero-order valence-corrected chi connectivity index (χ0v) is 13.3. The van der Waals surface area contributed by atoms with E-state index in [1.165, 1.54) is 37.4 Å². The van der Waals surface area contributed by atoms with Crippen LogP contribution in [0.1, 0.15) is 10.4 Å². The van der Waals surface area contributed by atoms with Crippen LogP contribution in [0.4, 0.5) is 5.69 Å². The molecular weight excluding hydrogens is 333 g/mol. The van der Waals surface area contributed by atoms with Crippen molar-refractivity contribution < 1.29 is 13.2 Å². The van der Waals surface area contributed by atoms with Gasteiger partial charge in [-0.1, -0.05) is 29.8 Å². The van der Waals surface area contributed by atoms with Crippen molar-refractivity contribution in [1.82, 2.24) is 0 Å². The van der Waals surface area contributed by atoms with E-state index in [4.69, 9.17) is 23.2 Å². The number of rotatable bonds is 4. The van der Waals surface area contributed by atoms with E-state index < -0.39 is 15.3 Å². The van der Waals surface area contributed by atoms with E-state index in [-0.39, 0.29) is 16.1 Å². The van der Waals surface area contributed by atoms with Crippen molar-refractivity contribution in [1.29, 1.82) is 0 Å². The first-order chi connectivity index (χ1) is 9.84. The summed E-state index contributed by atoms with van der Waals surface area (Å²) in [5, 5.41) is -0.446. The summed E-state index contributed by atoms with van der Waals surface area (Å²) in [4.78, 5) is 11.6. The molecule has 0 aromatic heterocycles. The zero-order valence-electron chi connectivity index (χ0n) is 11.0. The van der Waals surface area contributed by atoms with Crippen molar-refractivity contribution in [2.75, 3.05) is 11.4 Å². The Morgan fingerprint density at radius 2 is 1.71 bits per heavy atom. The number of nitrogens with zero attached hydrogens (tertiary/aromatic N) is 1. The summed E-state index contributed by atoms with van der Waals surface area (Å²) in [5.74, 6) is 0. The summed E-state index contributed by atoms with van der Waals surface area (Å²) in [6.45, 7) is 0. The van der Waals surface area contributed by atoms with Crippen LogP contribution in [0.2, 0.25) is 5.02 Å². The second kappa shape index (κ2) is 6.05. The summed E-state index contributed by atoms with van der Waals surface area (Å²) in [6.07, 6.45) is 0. The summed E-state index contributed by atoms with van der Waals surface area (Å²) >= 11 is 11.4. The van der Waals surface area contributed by atoms with E-state index in [1.54, 1.807) is 18.2 Å². The monoisotopic (exact) mass is 343 g/mol. The Labute approximate surface area is 133 Å². The Balaban J connectivity index is 2.57. The third-order valence-corrected chi connectivity index (χ3v) is 5.14. The SMILES string of the molecule is CN(c1cc(Cl)ccc1C(=O)Cl)S(=O)(=O)c1ccccc1. The van der Waals surface area contributed by atoms with Gasteiger partial charge in [0.15, 0.2) is 0 Å². The number of hydrogen-bond donors (Lipinski definition) is 0. The molecule has 0 heterocycles. The molecule has 0 spiro atoms. The first kappa shape index (κ1) is 15.8. The Bertz CT molecular complexity index is 776. The molecule has 21 heavy (non-hydrogen) atoms. The Morgan fingerprint density at radius 1 is 1.10 bits per heavy atom. The van der Waals surface area contributed by atoms with Crippen LogP contribution >= 0.6 is 23.2 Å². The normalized spacial score (nSPS) is 11.2. The maximum atomic E-state index is 12.5. The molecule has 0 bridgehead atoms. The highest BCUT2D eigenvalue weighted by Gasteiger charge is 2.24. The average Bonchev–Trinajstić information content (AvgIpc) is 2.46. The maximum absolute atomic E-state index is 12.5. The Hall–Kier alpha value is -1.56. The van der Waals surface area contributed by atoms with Gasteiger partial charge in [0.2, 0.25) is 0 Å². The van der Waals surface area contributed by atoms with Gasteiger partial charge in [-0.2, -0.15) is 0 Å². The van der Waals surface area contributed by atoms with Gasteiger partial charge < -0.3 is 0 Å². The molecule has 4 nitrogen and oxygen atoms in total. The minimum atomic E-state index is -3.80. The lowest BCUT2D eigenvalue weighted by atomic mass is 10.2. The average molecular weight is 344 g/mol. The quantitative estimate of drug-likeness (QED) is 0.797. The van der Waals surface area contributed by atoms with E-state index in [9.17, 15) is 13.2 Å². The lowest BCUT2D eigenvalue weighted by Crippen LogP contribution is -2.27. The van der Waals surface area contributed by atoms with Gasteiger partial charge in [-0.3, -0.25) is 9.10 Å². The predicted octanol–water partition coefficient (Wildman–Crippen LogP) is 3.54. The molecule has 0 unspecified atom stereocenters. The first-order valence-electron chi connectivity index (χ1n) is 5.87. The smallest absolute Gasteiger partial charge is 0.264 e. The standard InChI is InChI=1S/C14H11Cl2NO3S/c1-17(21(19,20)11-5-3-2-4-6-11)13-9-10(15)7-8-12(13)14(16)18/h2-9H,1H3. The second-order valence-electron chi connectivity index (χ2n) is 4.22. The molecule has 7 heteroatoms. The second-order valence-corrected chi connectivity index (χ2v) is 6.97. The highest BCUT2D eigenvalue weighted by Crippen LogP contribution is 2.29. The van der Waals surface area contributed by atoms with Crippen molar-refractivity contribution in [3.63, 3.8) is 0 Å². The van der Waals surface area contributed by atoms with Crippen molar-refractivity contribution >= 4 is 44.2 Å². The third-order valence-electron chi connectivity index (χ3n) is 2.91. The molecule has 2 aromatic carbocycles. The molecule has 0 atom stereocenters. The van der Waals surface area contributed by atoms with E-state index in [2.05, 4.69) is 0 Å². The number of sulfonamides is 1. The Kier molecular flexibility index (Phi) is 4.56. The van der Waals surface area contributed by atoms with Gasteiger partial charge in [-0.25, -0.2) is 8.42 Å². The van der Waals surface area contributed by atoms with Gasteiger partial charge in [0.05, 0.1) is 16.1 Å². The Morgan fingerprint density at radius 3 is 2.29 bits per heavy atom. The molecule has 0 radical (unpaired) electrons. The maximum Gasteiger partial charge on any atom is 0.264 e. The zero-order chi connectivity index (χ0) is 15.6. The minimum Gasteiger partial charge on any atom is -0.276 e. The van der Waals surface area contributed by atoms with E-state index in [0.717, 1.165) is 4.31 Å². The highest BCUT2D eigenvalue weighted by molar-refractivity contribution is 7.92. The fourth-order valence-electron chi connectivity index (χ4n) is 1.81. The largest absolute Gasteiger partial charge is 0.276 e. The lowest BCUT2D eigenvalue weighted by molar-refractivity contribution is 0.108. The topological polar surface area (TPSA) is 54.5 Å². The molecule has 0 aliphatic carbocycles. The van der Waals surface area contributed by atoms with Gasteiger partial charge in [0, 0.05) is 12.1 Å². The van der Waals surface area contributed by atoms with E-state index in [0.29, 0.717) is 5.02 Å². The lowest BCUT2D eigenvalue weighted by Gasteiger charge is -2.21. The molecule has 2 aromatic rings. The highest BCUT2D eigenvalue weighted by atomic mass is 35.5. The van der Waals surface area contributed by atoms with Crippen molar-refractivity contribution in [2.45, 2.75) is 4.90 Å². The summed E-state index contributed by atoms with van der Waals surface area (Å²) in [5.41, 5.74) is 0.203. The summed E-state index contributed by atoms with van der Waals surface area (Å²) in [6, 6.07) is 12.1. The molecular formula is C14H11Cl2NO3S. The van der Waals surface area contributed by atoms with Gasteiger partial charge in [0.1, 0.15) is 0 Å². The first-order valence-corrected chi connectivity index (χ1v) is 8.07. The molecule has 0 saturated heterocycles. The van der Waals surface area contributed by atoms with Crippen molar-refractivity contribution in [3.05, 3.63) is 59.1 Å². The van der Waals surface area contributed by atoms with Gasteiger partial charge in [0.25, 0.3) is 15.3 Å². The van der Waals surface area contributed by atoms with Crippen LogP contribution in [-0.4, -0.2) is 20.7 Å². The van der Waals surface area contributed by atoms with Crippen LogP contribution in [-0.2, 0) is 10.0 Å². The molecule has 2 rings (SSSR count). The van der Waals surface area contributed by atoms with Gasteiger partial charge in [-0.05, 0) is 41.9 Å². The van der Waals surface area contributed by atoms with Crippen LogP contribution in [0, 0.1) is 0 Å². The minimum absolute atomic E-state index is 0.0723. The van der Waals surface area contributed by atoms with Crippen LogP contribution < -0.4 is 4.31 Å². The summed E-state index contributed by atoms with van der Waals surface area (Å²) < 4.78 is 26.1. The molecule has 110 valence electrons. The molecule has 0 saturated carbocycles. The third kappa shape index (κ3) is 3.20. The fourth-order valence-corrected chi connectivity index (χ4v) is 3.37. The number of halogens is 2. The predicted molar refractivity (Wildman–Crippen MR) is 83.7 cm³/mol. The number of carbonyl (C=O) groups excluding carboxylic acids is 1. The summed E-state index contributed by atoms with van der Waals surface area (Å²) in [7, 11) is -2.46. The molecule has 0 amide bonds. The molecule has 0 aliphatic heterocycles. The van der Waals surface area contributed by atoms with Gasteiger partial charge in [-0.15, -0.1) is 0 Å². The van der Waals surface area contributed by atoms with E-state index >= 15 is 0 Å². The number of anilines is 1. The van der Waals surface area contributed by atoms with Gasteiger partial charge >= 0.3 is 0 Å². The van der Waals surface area contributed by atoms with Crippen molar-refractivity contribution in [2.24, 2.45) is 0 Å². The van der Waals surface area contributed by atoms with Crippen molar-refractivity contribution in [3.8, 4) is 0 Å². The molecule has 0 fully saturated rings. The molecule has 0 aliphatic rings. The number of carbonyl (C=O) groups is 1. The van der Waals surface area contributed by atoms with Crippen LogP contribution in [0.15, 0.2) is 53.4 Å². The van der Waals surface area contributed by atoms with Crippen LogP contribution in [0.3, 0.4) is 0 Å². The fraction of sp³-hybridized carbons (Fsp3) is 0.0714. The number of hydrogen-bond acceptors (Lipinski definition) is 3. The van der Waals surface area contributed by atoms with Crippen LogP contribution in [0.5, 0.6) is 0 Å². The van der Waals surface area contributed by atoms with E-state index in [1.807, 2.05) is 0 Å². The van der Waals surface area contributed by atoms with Crippen LogP contribution in [0.25, 0.3) is 0 Å².